The molecule has 3 rings (SSSR count). The molecule has 1 N–H and O–H groups in total. The van der Waals surface area contributed by atoms with Crippen LogP contribution >= 0.6 is 11.8 Å². The number of carbonyl (C=O) groups is 2. The molecule has 0 aromatic heterocycles. The molecule has 7 heteroatoms. The van der Waals surface area contributed by atoms with Crippen LogP contribution in [0.3, 0.4) is 0 Å². The van der Waals surface area contributed by atoms with Crippen molar-refractivity contribution in [2.24, 2.45) is 5.92 Å². The molecule has 2 aliphatic rings. The fourth-order valence-electron chi connectivity index (χ4n) is 2.69. The summed E-state index contributed by atoms with van der Waals surface area (Å²) < 4.78 is 25.4. The second-order valence-electron chi connectivity index (χ2n) is 5.50. The van der Waals surface area contributed by atoms with E-state index in [1.807, 2.05) is 12.2 Å². The molecular formula is C16H16F2N2O2S. The highest BCUT2D eigenvalue weighted by Crippen LogP contribution is 2.37. The lowest BCUT2D eigenvalue weighted by Gasteiger charge is -2.29. The van der Waals surface area contributed by atoms with Crippen LogP contribution in [0.2, 0.25) is 0 Å². The van der Waals surface area contributed by atoms with Crippen molar-refractivity contribution in [1.29, 1.82) is 0 Å². The number of allylic oxidation sites excluding steroid dienone is 2. The van der Waals surface area contributed by atoms with Gasteiger partial charge in [0, 0.05) is 16.5 Å². The highest BCUT2D eigenvalue weighted by molar-refractivity contribution is 8.00. The number of halogens is 2. The minimum atomic E-state index is -2.60. The van der Waals surface area contributed by atoms with Gasteiger partial charge in [-0.15, -0.1) is 11.8 Å². The van der Waals surface area contributed by atoms with Crippen molar-refractivity contribution in [2.75, 3.05) is 22.5 Å². The van der Waals surface area contributed by atoms with Gasteiger partial charge < -0.3 is 10.2 Å². The molecular weight excluding hydrogens is 322 g/mol. The van der Waals surface area contributed by atoms with Gasteiger partial charge in [0.1, 0.15) is 0 Å². The quantitative estimate of drug-likeness (QED) is 0.857. The monoisotopic (exact) mass is 338 g/mol. The number of hydrogen-bond acceptors (Lipinski definition) is 3. The Morgan fingerprint density at radius 2 is 2.09 bits per heavy atom. The maximum atomic E-state index is 12.7. The van der Waals surface area contributed by atoms with Crippen LogP contribution in [-0.2, 0) is 9.59 Å². The lowest BCUT2D eigenvalue weighted by Crippen LogP contribution is -2.38. The molecule has 1 aromatic rings. The van der Waals surface area contributed by atoms with E-state index >= 15 is 0 Å². The first-order chi connectivity index (χ1) is 11.0. The normalized spacial score (nSPS) is 17.7. The summed E-state index contributed by atoms with van der Waals surface area (Å²) in [5.41, 5.74) is 0.962. The van der Waals surface area contributed by atoms with Crippen LogP contribution in [0.25, 0.3) is 0 Å². The molecule has 1 aromatic carbocycles. The topological polar surface area (TPSA) is 49.4 Å². The largest absolute Gasteiger partial charge is 0.326 e. The SMILES string of the molecule is O=C(Nc1ccc2c(c1)N(CC(F)F)C(=O)CS2)C1CC=CC1. The van der Waals surface area contributed by atoms with Gasteiger partial charge >= 0.3 is 0 Å². The second-order valence-corrected chi connectivity index (χ2v) is 6.51. The van der Waals surface area contributed by atoms with Crippen molar-refractivity contribution in [3.8, 4) is 0 Å². The van der Waals surface area contributed by atoms with Crippen LogP contribution in [0, 0.1) is 5.92 Å². The Morgan fingerprint density at radius 3 is 2.78 bits per heavy atom. The van der Waals surface area contributed by atoms with Gasteiger partial charge in [0.25, 0.3) is 6.43 Å². The Labute approximate surface area is 136 Å². The summed E-state index contributed by atoms with van der Waals surface area (Å²) in [5, 5.41) is 2.81. The number of benzene rings is 1. The molecule has 2 amide bonds. The highest BCUT2D eigenvalue weighted by Gasteiger charge is 2.28. The lowest BCUT2D eigenvalue weighted by molar-refractivity contribution is -0.119. The van der Waals surface area contributed by atoms with Crippen molar-refractivity contribution in [2.45, 2.75) is 24.2 Å². The number of thioether (sulfide) groups is 1. The summed E-state index contributed by atoms with van der Waals surface area (Å²) in [7, 11) is 0. The number of rotatable bonds is 4. The van der Waals surface area contributed by atoms with E-state index in [0.717, 1.165) is 9.80 Å². The van der Waals surface area contributed by atoms with E-state index in [9.17, 15) is 18.4 Å². The molecule has 0 bridgehead atoms. The third kappa shape index (κ3) is 3.55. The first kappa shape index (κ1) is 16.0. The highest BCUT2D eigenvalue weighted by atomic mass is 32.2. The van der Waals surface area contributed by atoms with Crippen LogP contribution in [0.15, 0.2) is 35.2 Å². The van der Waals surface area contributed by atoms with E-state index in [-0.39, 0.29) is 23.5 Å². The fraction of sp³-hybridized carbons (Fsp3) is 0.375. The smallest absolute Gasteiger partial charge is 0.256 e. The molecule has 4 nitrogen and oxygen atoms in total. The van der Waals surface area contributed by atoms with Gasteiger partial charge in [-0.05, 0) is 31.0 Å². The van der Waals surface area contributed by atoms with Crippen LogP contribution in [0.5, 0.6) is 0 Å². The van der Waals surface area contributed by atoms with E-state index < -0.39 is 13.0 Å². The number of hydrogen-bond donors (Lipinski definition) is 1. The fourth-order valence-corrected chi connectivity index (χ4v) is 3.61. The molecule has 1 heterocycles. The standard InChI is InChI=1S/C16H16F2N2O2S/c17-14(18)8-20-12-7-11(5-6-13(12)23-9-15(20)21)19-16(22)10-3-1-2-4-10/h1-2,5-7,10,14H,3-4,8-9H2,(H,19,22). The van der Waals surface area contributed by atoms with Crippen LogP contribution in [0.4, 0.5) is 20.2 Å². The van der Waals surface area contributed by atoms with Crippen LogP contribution < -0.4 is 10.2 Å². The Kier molecular flexibility index (Phi) is 4.66. The Hall–Kier alpha value is -1.89. The Bertz CT molecular complexity index is 655. The average Bonchev–Trinajstić information content (AvgIpc) is 3.04. The zero-order valence-corrected chi connectivity index (χ0v) is 13.1. The summed E-state index contributed by atoms with van der Waals surface area (Å²) in [4.78, 5) is 25.9. The zero-order valence-electron chi connectivity index (χ0n) is 12.3. The molecule has 23 heavy (non-hydrogen) atoms. The maximum Gasteiger partial charge on any atom is 0.256 e. The maximum absolute atomic E-state index is 12.7. The van der Waals surface area contributed by atoms with Crippen molar-refractivity contribution in [3.05, 3.63) is 30.4 Å². The minimum absolute atomic E-state index is 0.0841. The molecule has 1 aliphatic carbocycles. The molecule has 1 aliphatic heterocycles. The lowest BCUT2D eigenvalue weighted by atomic mass is 10.1. The van der Waals surface area contributed by atoms with Crippen molar-refractivity contribution in [3.63, 3.8) is 0 Å². The first-order valence-electron chi connectivity index (χ1n) is 7.36. The number of nitrogens with one attached hydrogen (secondary N) is 1. The average molecular weight is 338 g/mol. The second kappa shape index (κ2) is 6.70. The molecule has 0 radical (unpaired) electrons. The molecule has 0 atom stereocenters. The van der Waals surface area contributed by atoms with Gasteiger partial charge in [0.2, 0.25) is 11.8 Å². The summed E-state index contributed by atoms with van der Waals surface area (Å²) in [6.07, 6.45) is 2.76. The molecule has 0 saturated heterocycles. The third-order valence-corrected chi connectivity index (χ3v) is 4.92. The number of alkyl halides is 2. The van der Waals surface area contributed by atoms with Gasteiger partial charge in [-0.3, -0.25) is 9.59 Å². The van der Waals surface area contributed by atoms with Gasteiger partial charge in [0.15, 0.2) is 0 Å². The summed E-state index contributed by atoms with van der Waals surface area (Å²) in [6, 6.07) is 5.10. The summed E-state index contributed by atoms with van der Waals surface area (Å²) in [6.45, 7) is -0.629. The van der Waals surface area contributed by atoms with E-state index in [4.69, 9.17) is 0 Å². The number of nitrogens with zero attached hydrogens (tertiary/aromatic N) is 1. The number of amides is 2. The summed E-state index contributed by atoms with van der Waals surface area (Å²) >= 11 is 1.32. The van der Waals surface area contributed by atoms with Gasteiger partial charge in [0.05, 0.1) is 18.0 Å². The summed E-state index contributed by atoms with van der Waals surface area (Å²) in [5.74, 6) is -0.366. The zero-order chi connectivity index (χ0) is 16.4. The van der Waals surface area contributed by atoms with Crippen molar-refractivity contribution >= 4 is 35.0 Å². The van der Waals surface area contributed by atoms with E-state index in [2.05, 4.69) is 5.32 Å². The van der Waals surface area contributed by atoms with Gasteiger partial charge in [-0.2, -0.15) is 0 Å². The molecule has 0 spiro atoms. The van der Waals surface area contributed by atoms with Crippen molar-refractivity contribution in [1.82, 2.24) is 0 Å². The minimum Gasteiger partial charge on any atom is -0.326 e. The molecule has 0 fully saturated rings. The molecule has 0 saturated carbocycles. The predicted molar refractivity (Wildman–Crippen MR) is 86.0 cm³/mol. The van der Waals surface area contributed by atoms with Gasteiger partial charge in [-0.25, -0.2) is 8.78 Å². The molecule has 0 unspecified atom stereocenters. The van der Waals surface area contributed by atoms with E-state index in [0.29, 0.717) is 24.2 Å². The van der Waals surface area contributed by atoms with Gasteiger partial charge in [-0.1, -0.05) is 12.2 Å². The number of carbonyl (C=O) groups excluding carboxylic acids is 2. The third-order valence-electron chi connectivity index (χ3n) is 3.87. The van der Waals surface area contributed by atoms with Crippen LogP contribution in [0.1, 0.15) is 12.8 Å². The van der Waals surface area contributed by atoms with Crippen LogP contribution in [-0.4, -0.2) is 30.5 Å². The first-order valence-corrected chi connectivity index (χ1v) is 8.34. The Morgan fingerprint density at radius 1 is 1.35 bits per heavy atom. The molecule has 122 valence electrons. The Balaban J connectivity index is 1.80. The number of fused-ring (bicyclic) bond motifs is 1. The van der Waals surface area contributed by atoms with E-state index in [1.54, 1.807) is 18.2 Å². The van der Waals surface area contributed by atoms with E-state index in [1.165, 1.54) is 11.8 Å². The predicted octanol–water partition coefficient (Wildman–Crippen LogP) is 3.30. The number of anilines is 2. The van der Waals surface area contributed by atoms with Crippen molar-refractivity contribution < 1.29 is 18.4 Å².